The number of sulfone groups is 1. The lowest BCUT2D eigenvalue weighted by Crippen LogP contribution is -2.50. The third kappa shape index (κ3) is 5.73. The van der Waals surface area contributed by atoms with Crippen molar-refractivity contribution in [1.29, 1.82) is 0 Å². The van der Waals surface area contributed by atoms with E-state index in [1.165, 1.54) is 11.0 Å². The molecular formula is C26H28ClFN4O5S. The molecular weight excluding hydrogens is 535 g/mol. The van der Waals surface area contributed by atoms with Crippen LogP contribution in [0.4, 0.5) is 10.1 Å². The van der Waals surface area contributed by atoms with Gasteiger partial charge in [-0.2, -0.15) is 0 Å². The van der Waals surface area contributed by atoms with Gasteiger partial charge in [0.2, 0.25) is 11.8 Å². The molecule has 0 bridgehead atoms. The van der Waals surface area contributed by atoms with E-state index in [2.05, 4.69) is 15.5 Å². The number of amides is 2. The molecule has 1 atom stereocenters. The molecule has 0 radical (unpaired) electrons. The number of fused-ring (bicyclic) bond motifs is 1. The van der Waals surface area contributed by atoms with Crippen molar-refractivity contribution < 1.29 is 26.8 Å². The molecule has 0 spiro atoms. The van der Waals surface area contributed by atoms with Crippen LogP contribution in [0.3, 0.4) is 0 Å². The minimum atomic E-state index is -4.20. The number of nitrogens with one attached hydrogen (secondary N) is 1. The van der Waals surface area contributed by atoms with E-state index < -0.39 is 44.7 Å². The Bertz CT molecular complexity index is 1480. The first-order valence-corrected chi connectivity index (χ1v) is 14.1. The Kier molecular flexibility index (Phi) is 7.62. The van der Waals surface area contributed by atoms with Gasteiger partial charge in [-0.3, -0.25) is 9.59 Å². The van der Waals surface area contributed by atoms with Crippen molar-refractivity contribution in [3.63, 3.8) is 0 Å². The smallest absolute Gasteiger partial charge is 0.250 e. The fourth-order valence-electron chi connectivity index (χ4n) is 4.02. The van der Waals surface area contributed by atoms with Crippen molar-refractivity contribution in [2.24, 2.45) is 0 Å². The fourth-order valence-corrected chi connectivity index (χ4v) is 5.76. The Labute approximate surface area is 225 Å². The molecule has 1 aliphatic heterocycles. The van der Waals surface area contributed by atoms with Gasteiger partial charge in [0.25, 0.3) is 11.8 Å². The van der Waals surface area contributed by atoms with Crippen molar-refractivity contribution in [1.82, 2.24) is 15.5 Å². The molecule has 202 valence electrons. The predicted octanol–water partition coefficient (Wildman–Crippen LogP) is 4.43. The van der Waals surface area contributed by atoms with Gasteiger partial charge in [0.1, 0.15) is 11.9 Å². The molecule has 0 unspecified atom stereocenters. The topological polar surface area (TPSA) is 122 Å². The number of nitrogens with zero attached hydrogens (tertiary/aromatic N) is 3. The lowest BCUT2D eigenvalue weighted by Gasteiger charge is -2.26. The first kappa shape index (κ1) is 27.7. The summed E-state index contributed by atoms with van der Waals surface area (Å²) in [5, 5.41) is 11.0. The maximum atomic E-state index is 15.4. The Morgan fingerprint density at radius 2 is 1.89 bits per heavy atom. The zero-order valence-electron chi connectivity index (χ0n) is 21.4. The number of halogens is 2. The average molecular weight is 563 g/mol. The summed E-state index contributed by atoms with van der Waals surface area (Å²) in [6.07, 6.45) is 0.642. The minimum absolute atomic E-state index is 0.0518. The van der Waals surface area contributed by atoms with E-state index in [4.69, 9.17) is 16.0 Å². The third-order valence-electron chi connectivity index (χ3n) is 5.99. The SMILES string of the molecule is CCCC(=O)N[C@H]1CS(=O)(=O)c2cc(F)c(-c3nnc(C(C)(C)C)o3)cc2N(Cc2ccc(Cl)cc2)C1=O. The summed E-state index contributed by atoms with van der Waals surface area (Å²) in [4.78, 5) is 27.0. The van der Waals surface area contributed by atoms with Crippen LogP contribution in [0.5, 0.6) is 0 Å². The van der Waals surface area contributed by atoms with Crippen LogP contribution in [0, 0.1) is 5.82 Å². The van der Waals surface area contributed by atoms with Gasteiger partial charge in [-0.15, -0.1) is 10.2 Å². The Balaban J connectivity index is 1.88. The molecule has 2 amide bonds. The Morgan fingerprint density at radius 3 is 2.50 bits per heavy atom. The van der Waals surface area contributed by atoms with E-state index in [1.54, 1.807) is 31.2 Å². The predicted molar refractivity (Wildman–Crippen MR) is 140 cm³/mol. The van der Waals surface area contributed by atoms with Gasteiger partial charge in [-0.25, -0.2) is 12.8 Å². The maximum absolute atomic E-state index is 15.4. The second-order valence-corrected chi connectivity index (χ2v) is 12.6. The molecule has 1 aliphatic rings. The highest BCUT2D eigenvalue weighted by atomic mass is 35.5. The van der Waals surface area contributed by atoms with Crippen LogP contribution in [-0.2, 0) is 31.4 Å². The van der Waals surface area contributed by atoms with Crippen LogP contribution >= 0.6 is 11.6 Å². The highest BCUT2D eigenvalue weighted by Crippen LogP contribution is 2.38. The number of anilines is 1. The maximum Gasteiger partial charge on any atom is 0.250 e. The fraction of sp³-hybridized carbons (Fsp3) is 0.385. The van der Waals surface area contributed by atoms with Crippen LogP contribution < -0.4 is 10.2 Å². The summed E-state index contributed by atoms with van der Waals surface area (Å²) in [5.74, 6) is -2.59. The van der Waals surface area contributed by atoms with Crippen LogP contribution in [0.25, 0.3) is 11.5 Å². The summed E-state index contributed by atoms with van der Waals surface area (Å²) in [7, 11) is -4.20. The van der Waals surface area contributed by atoms with Crippen molar-refractivity contribution in [2.75, 3.05) is 10.7 Å². The summed E-state index contributed by atoms with van der Waals surface area (Å²) >= 11 is 6.01. The van der Waals surface area contributed by atoms with Crippen molar-refractivity contribution in [3.05, 3.63) is 58.7 Å². The number of benzene rings is 2. The number of carbonyl (C=O) groups is 2. The second-order valence-electron chi connectivity index (χ2n) is 10.2. The summed E-state index contributed by atoms with van der Waals surface area (Å²) < 4.78 is 47.9. The molecule has 0 fully saturated rings. The van der Waals surface area contributed by atoms with Crippen LogP contribution in [-0.4, -0.2) is 42.2 Å². The number of carbonyl (C=O) groups excluding carboxylic acids is 2. The molecule has 0 aliphatic carbocycles. The van der Waals surface area contributed by atoms with Crippen molar-refractivity contribution in [2.45, 2.75) is 63.4 Å². The van der Waals surface area contributed by atoms with Crippen LogP contribution in [0.15, 0.2) is 45.7 Å². The van der Waals surface area contributed by atoms with E-state index in [-0.39, 0.29) is 40.9 Å². The molecule has 3 aromatic rings. The zero-order chi connectivity index (χ0) is 27.8. The number of hydrogen-bond acceptors (Lipinski definition) is 7. The molecule has 0 saturated heterocycles. The Hall–Kier alpha value is -3.31. The van der Waals surface area contributed by atoms with Crippen molar-refractivity contribution in [3.8, 4) is 11.5 Å². The minimum Gasteiger partial charge on any atom is -0.420 e. The zero-order valence-corrected chi connectivity index (χ0v) is 23.0. The van der Waals surface area contributed by atoms with E-state index in [0.717, 1.165) is 6.07 Å². The number of rotatable bonds is 6. The van der Waals surface area contributed by atoms with Gasteiger partial charge in [0, 0.05) is 16.9 Å². The number of hydrogen-bond donors (Lipinski definition) is 1. The molecule has 9 nitrogen and oxygen atoms in total. The third-order valence-corrected chi connectivity index (χ3v) is 8.01. The quantitative estimate of drug-likeness (QED) is 0.471. The first-order valence-electron chi connectivity index (χ1n) is 12.1. The lowest BCUT2D eigenvalue weighted by atomic mass is 9.97. The molecule has 12 heteroatoms. The van der Waals surface area contributed by atoms with E-state index in [9.17, 15) is 18.0 Å². The summed E-state index contributed by atoms with van der Waals surface area (Å²) in [6, 6.07) is 7.39. The molecule has 4 rings (SSSR count). The number of aromatic nitrogens is 2. The van der Waals surface area contributed by atoms with E-state index in [1.807, 2.05) is 20.8 Å². The first-order chi connectivity index (χ1) is 17.8. The van der Waals surface area contributed by atoms with Gasteiger partial charge < -0.3 is 14.6 Å². The van der Waals surface area contributed by atoms with Gasteiger partial charge in [0.15, 0.2) is 9.84 Å². The molecule has 2 aromatic carbocycles. The lowest BCUT2D eigenvalue weighted by molar-refractivity contribution is -0.127. The molecule has 38 heavy (non-hydrogen) atoms. The van der Waals surface area contributed by atoms with Gasteiger partial charge in [-0.1, -0.05) is 51.4 Å². The van der Waals surface area contributed by atoms with Crippen molar-refractivity contribution >= 4 is 38.9 Å². The molecule has 0 saturated carbocycles. The second kappa shape index (κ2) is 10.5. The monoisotopic (exact) mass is 562 g/mol. The van der Waals surface area contributed by atoms with Crippen LogP contribution in [0.1, 0.15) is 52.0 Å². The molecule has 1 aromatic heterocycles. The molecule has 1 N–H and O–H groups in total. The highest BCUT2D eigenvalue weighted by molar-refractivity contribution is 7.91. The standard InChI is InChI=1S/C26H28ClFN4O5S/c1-5-6-22(33)29-19-14-38(35,36)21-12-18(28)17(23-30-31-25(37-23)26(2,3)4)11-20(21)32(24(19)34)13-15-7-9-16(27)10-8-15/h7-12,19H,5-6,13-14H2,1-4H3,(H,29,33)/t19-/m0/s1. The van der Waals surface area contributed by atoms with Gasteiger partial charge in [0.05, 0.1) is 28.4 Å². The Morgan fingerprint density at radius 1 is 1.21 bits per heavy atom. The van der Waals surface area contributed by atoms with E-state index in [0.29, 0.717) is 17.0 Å². The normalized spacial score (nSPS) is 17.2. The summed E-state index contributed by atoms with van der Waals surface area (Å²) in [6.45, 7) is 7.29. The van der Waals surface area contributed by atoms with Gasteiger partial charge >= 0.3 is 0 Å². The largest absolute Gasteiger partial charge is 0.420 e. The summed E-state index contributed by atoms with van der Waals surface area (Å²) in [5.41, 5.74) is -0.0594. The van der Waals surface area contributed by atoms with Crippen LogP contribution in [0.2, 0.25) is 5.02 Å². The highest BCUT2D eigenvalue weighted by Gasteiger charge is 2.40. The van der Waals surface area contributed by atoms with Gasteiger partial charge in [-0.05, 0) is 36.2 Å². The molecule has 2 heterocycles. The average Bonchev–Trinajstić information content (AvgIpc) is 3.31. The van der Waals surface area contributed by atoms with E-state index >= 15 is 4.39 Å².